The zero-order chi connectivity index (χ0) is 20.8. The lowest BCUT2D eigenvalue weighted by Gasteiger charge is -2.06. The first kappa shape index (κ1) is 19.3. The summed E-state index contributed by atoms with van der Waals surface area (Å²) in [6.45, 7) is 2.38. The van der Waals surface area contributed by atoms with Gasteiger partial charge in [-0.2, -0.15) is 5.10 Å². The summed E-state index contributed by atoms with van der Waals surface area (Å²) in [6, 6.07) is 23.7. The molecule has 4 rings (SSSR count). The van der Waals surface area contributed by atoms with Crippen LogP contribution in [0.4, 0.5) is 0 Å². The SMILES string of the molecule is Cc1c(C(=O)NCC#CCOc2cccc3ccccc23)cnn1-c1ccccc1. The first-order chi connectivity index (χ1) is 14.7. The summed E-state index contributed by atoms with van der Waals surface area (Å²) in [5, 5.41) is 9.32. The van der Waals surface area contributed by atoms with E-state index in [2.05, 4.69) is 22.3 Å². The number of amides is 1. The van der Waals surface area contributed by atoms with Crippen LogP contribution in [0.3, 0.4) is 0 Å². The maximum atomic E-state index is 12.4. The van der Waals surface area contributed by atoms with Gasteiger partial charge in [-0.25, -0.2) is 4.68 Å². The van der Waals surface area contributed by atoms with Crippen molar-refractivity contribution >= 4 is 16.7 Å². The van der Waals surface area contributed by atoms with Crippen LogP contribution in [-0.4, -0.2) is 28.8 Å². The number of hydrogen-bond acceptors (Lipinski definition) is 3. The summed E-state index contributed by atoms with van der Waals surface area (Å²) < 4.78 is 7.53. The number of nitrogens with zero attached hydrogens (tertiary/aromatic N) is 2. The van der Waals surface area contributed by atoms with Gasteiger partial charge in [-0.1, -0.05) is 66.4 Å². The maximum Gasteiger partial charge on any atom is 0.255 e. The van der Waals surface area contributed by atoms with Crippen molar-refractivity contribution in [1.29, 1.82) is 0 Å². The number of rotatable bonds is 5. The van der Waals surface area contributed by atoms with Gasteiger partial charge < -0.3 is 10.1 Å². The zero-order valence-corrected chi connectivity index (χ0v) is 16.6. The second-order valence-corrected chi connectivity index (χ2v) is 6.69. The molecule has 0 saturated heterocycles. The van der Waals surface area contributed by atoms with E-state index < -0.39 is 0 Å². The van der Waals surface area contributed by atoms with E-state index in [0.29, 0.717) is 5.56 Å². The smallest absolute Gasteiger partial charge is 0.255 e. The third-order valence-corrected chi connectivity index (χ3v) is 4.77. The van der Waals surface area contributed by atoms with Crippen molar-refractivity contribution in [3.05, 3.63) is 90.3 Å². The van der Waals surface area contributed by atoms with Crippen molar-refractivity contribution in [2.75, 3.05) is 13.2 Å². The van der Waals surface area contributed by atoms with Gasteiger partial charge in [0.2, 0.25) is 0 Å². The fraction of sp³-hybridized carbons (Fsp3) is 0.120. The molecule has 0 bridgehead atoms. The highest BCUT2D eigenvalue weighted by atomic mass is 16.5. The van der Waals surface area contributed by atoms with Gasteiger partial charge in [0.1, 0.15) is 12.4 Å². The van der Waals surface area contributed by atoms with Crippen molar-refractivity contribution in [2.45, 2.75) is 6.92 Å². The lowest BCUT2D eigenvalue weighted by molar-refractivity contribution is 0.0958. The molecule has 0 radical (unpaired) electrons. The standard InChI is InChI=1S/C25H21N3O2/c1-19-23(18-27-28(19)21-12-3-2-4-13-21)25(29)26-16-7-8-17-30-24-15-9-11-20-10-5-6-14-22(20)24/h2-6,9-15,18H,16-17H2,1H3,(H,26,29). The highest BCUT2D eigenvalue weighted by molar-refractivity contribution is 5.95. The van der Waals surface area contributed by atoms with Crippen molar-refractivity contribution in [3.8, 4) is 23.3 Å². The van der Waals surface area contributed by atoms with Gasteiger partial charge in [0.05, 0.1) is 29.7 Å². The molecule has 0 saturated carbocycles. The van der Waals surface area contributed by atoms with E-state index in [4.69, 9.17) is 4.74 Å². The number of benzene rings is 3. The Morgan fingerprint density at radius 2 is 1.77 bits per heavy atom. The number of nitrogens with one attached hydrogen (secondary N) is 1. The lowest BCUT2D eigenvalue weighted by Crippen LogP contribution is -2.24. The predicted octanol–water partition coefficient (Wildman–Crippen LogP) is 4.15. The molecule has 0 atom stereocenters. The Kier molecular flexibility index (Phi) is 5.77. The zero-order valence-electron chi connectivity index (χ0n) is 16.6. The van der Waals surface area contributed by atoms with Gasteiger partial charge >= 0.3 is 0 Å². The topological polar surface area (TPSA) is 56.1 Å². The monoisotopic (exact) mass is 395 g/mol. The van der Waals surface area contributed by atoms with E-state index in [1.54, 1.807) is 10.9 Å². The Bertz CT molecular complexity index is 1230. The fourth-order valence-corrected chi connectivity index (χ4v) is 3.23. The molecule has 0 unspecified atom stereocenters. The van der Waals surface area contributed by atoms with Crippen molar-refractivity contribution in [1.82, 2.24) is 15.1 Å². The number of carbonyl (C=O) groups excluding carboxylic acids is 1. The molecule has 0 fully saturated rings. The molecule has 0 aliphatic rings. The van der Waals surface area contributed by atoms with E-state index in [1.807, 2.05) is 79.7 Å². The number of carbonyl (C=O) groups is 1. The summed E-state index contributed by atoms with van der Waals surface area (Å²) in [5.74, 6) is 6.48. The number of hydrogen-bond donors (Lipinski definition) is 1. The van der Waals surface area contributed by atoms with Crippen molar-refractivity contribution in [2.24, 2.45) is 0 Å². The van der Waals surface area contributed by atoms with Crippen LogP contribution in [-0.2, 0) is 0 Å². The Balaban J connectivity index is 1.32. The second kappa shape index (κ2) is 8.97. The third-order valence-electron chi connectivity index (χ3n) is 4.77. The second-order valence-electron chi connectivity index (χ2n) is 6.69. The molecule has 0 spiro atoms. The molecule has 148 valence electrons. The van der Waals surface area contributed by atoms with E-state index in [-0.39, 0.29) is 19.1 Å². The first-order valence-corrected chi connectivity index (χ1v) is 9.68. The largest absolute Gasteiger partial charge is 0.480 e. The molecule has 1 aromatic heterocycles. The molecule has 30 heavy (non-hydrogen) atoms. The van der Waals surface area contributed by atoms with Crippen LogP contribution in [0.2, 0.25) is 0 Å². The minimum Gasteiger partial charge on any atom is -0.480 e. The van der Waals surface area contributed by atoms with E-state index in [9.17, 15) is 4.79 Å². The van der Waals surface area contributed by atoms with Gasteiger partial charge in [-0.05, 0) is 30.5 Å². The molecule has 4 aromatic rings. The quantitative estimate of drug-likeness (QED) is 0.517. The summed E-state index contributed by atoms with van der Waals surface area (Å²) in [7, 11) is 0. The lowest BCUT2D eigenvalue weighted by atomic mass is 10.1. The van der Waals surface area contributed by atoms with Gasteiger partial charge in [0, 0.05) is 5.39 Å². The van der Waals surface area contributed by atoms with Gasteiger partial charge in [0.15, 0.2) is 0 Å². The van der Waals surface area contributed by atoms with Crippen molar-refractivity contribution < 1.29 is 9.53 Å². The Morgan fingerprint density at radius 3 is 2.63 bits per heavy atom. The summed E-state index contributed by atoms with van der Waals surface area (Å²) in [5.41, 5.74) is 2.23. The molecule has 5 heteroatoms. The number of aromatic nitrogens is 2. The average Bonchev–Trinajstić information content (AvgIpc) is 3.18. The van der Waals surface area contributed by atoms with Crippen LogP contribution < -0.4 is 10.1 Å². The Labute approximate surface area is 175 Å². The molecule has 1 heterocycles. The fourth-order valence-electron chi connectivity index (χ4n) is 3.23. The molecule has 0 aliphatic heterocycles. The highest BCUT2D eigenvalue weighted by Crippen LogP contribution is 2.24. The van der Waals surface area contributed by atoms with Crippen LogP contribution >= 0.6 is 0 Å². The Hall–Kier alpha value is -4.04. The van der Waals surface area contributed by atoms with Crippen LogP contribution in [0.15, 0.2) is 79.0 Å². The van der Waals surface area contributed by atoms with Crippen LogP contribution in [0.5, 0.6) is 5.75 Å². The molecule has 5 nitrogen and oxygen atoms in total. The molecular formula is C25H21N3O2. The summed E-state index contributed by atoms with van der Waals surface area (Å²) >= 11 is 0. The Morgan fingerprint density at radius 1 is 1.00 bits per heavy atom. The first-order valence-electron chi connectivity index (χ1n) is 9.68. The predicted molar refractivity (Wildman–Crippen MR) is 118 cm³/mol. The van der Waals surface area contributed by atoms with Crippen LogP contribution in [0.1, 0.15) is 16.1 Å². The van der Waals surface area contributed by atoms with Crippen molar-refractivity contribution in [3.63, 3.8) is 0 Å². The van der Waals surface area contributed by atoms with Gasteiger partial charge in [0.25, 0.3) is 5.91 Å². The van der Waals surface area contributed by atoms with E-state index in [1.165, 1.54) is 0 Å². The number of para-hydroxylation sites is 1. The molecule has 0 aliphatic carbocycles. The molecular weight excluding hydrogens is 374 g/mol. The van der Waals surface area contributed by atoms with E-state index in [0.717, 1.165) is 27.9 Å². The average molecular weight is 395 g/mol. The third kappa shape index (κ3) is 4.18. The van der Waals surface area contributed by atoms with Gasteiger partial charge in [-0.3, -0.25) is 4.79 Å². The number of ether oxygens (including phenoxy) is 1. The van der Waals surface area contributed by atoms with Crippen LogP contribution in [0.25, 0.3) is 16.5 Å². The summed E-state index contributed by atoms with van der Waals surface area (Å²) in [4.78, 5) is 12.4. The van der Waals surface area contributed by atoms with Crippen LogP contribution in [0, 0.1) is 18.8 Å². The number of fused-ring (bicyclic) bond motifs is 1. The summed E-state index contributed by atoms with van der Waals surface area (Å²) in [6.07, 6.45) is 1.58. The molecule has 1 amide bonds. The maximum absolute atomic E-state index is 12.4. The van der Waals surface area contributed by atoms with E-state index >= 15 is 0 Å². The van der Waals surface area contributed by atoms with Gasteiger partial charge in [-0.15, -0.1) is 0 Å². The molecule has 1 N–H and O–H groups in total. The highest BCUT2D eigenvalue weighted by Gasteiger charge is 2.14. The minimum absolute atomic E-state index is 0.195. The molecule has 3 aromatic carbocycles. The minimum atomic E-state index is -0.195. The normalized spacial score (nSPS) is 10.3.